The predicted molar refractivity (Wildman–Crippen MR) is 101 cm³/mol. The zero-order valence-corrected chi connectivity index (χ0v) is 15.1. The van der Waals surface area contributed by atoms with E-state index in [0.717, 1.165) is 27.9 Å². The van der Waals surface area contributed by atoms with Crippen LogP contribution in [0, 0.1) is 13.8 Å². The van der Waals surface area contributed by atoms with E-state index in [2.05, 4.69) is 10.6 Å². The minimum absolute atomic E-state index is 0.0319. The second kappa shape index (κ2) is 6.16. The fourth-order valence-corrected chi connectivity index (χ4v) is 3.97. The number of hydrogen-bond donors (Lipinski definition) is 2. The summed E-state index contributed by atoms with van der Waals surface area (Å²) < 4.78 is 0. The van der Waals surface area contributed by atoms with Crippen molar-refractivity contribution in [2.45, 2.75) is 32.4 Å². The topological polar surface area (TPSA) is 61.4 Å². The summed E-state index contributed by atoms with van der Waals surface area (Å²) in [5.74, 6) is 0.0341. The first-order chi connectivity index (χ1) is 12.5. The molecule has 2 aliphatic rings. The highest BCUT2D eigenvalue weighted by Gasteiger charge is 2.41. The van der Waals surface area contributed by atoms with E-state index in [1.807, 2.05) is 61.2 Å². The molecular formula is C21H23N3O2. The normalized spacial score (nSPS) is 18.1. The average molecular weight is 349 g/mol. The van der Waals surface area contributed by atoms with E-state index in [4.69, 9.17) is 0 Å². The molecule has 0 bridgehead atoms. The maximum Gasteiger partial charge on any atom is 0.255 e. The van der Waals surface area contributed by atoms with Crippen LogP contribution >= 0.6 is 0 Å². The van der Waals surface area contributed by atoms with Gasteiger partial charge in [0.15, 0.2) is 0 Å². The molecule has 2 heterocycles. The molecule has 1 spiro atoms. The minimum atomic E-state index is -0.472. The van der Waals surface area contributed by atoms with Crippen molar-refractivity contribution in [2.24, 2.45) is 0 Å². The van der Waals surface area contributed by atoms with Gasteiger partial charge in [-0.15, -0.1) is 0 Å². The minimum Gasteiger partial charge on any atom is -0.362 e. The molecule has 0 aliphatic carbocycles. The highest BCUT2D eigenvalue weighted by molar-refractivity contribution is 6.03. The molecule has 2 aromatic carbocycles. The number of rotatable bonds is 1. The summed E-state index contributed by atoms with van der Waals surface area (Å²) in [6.07, 6.45) is 1.37. The van der Waals surface area contributed by atoms with Crippen molar-refractivity contribution in [2.75, 3.05) is 18.4 Å². The number of nitrogens with zero attached hydrogens (tertiary/aromatic N) is 1. The first-order valence-corrected chi connectivity index (χ1v) is 9.04. The van der Waals surface area contributed by atoms with Crippen LogP contribution in [0.15, 0.2) is 42.5 Å². The number of fused-ring (bicyclic) bond motifs is 1. The van der Waals surface area contributed by atoms with Gasteiger partial charge in [0.1, 0.15) is 5.66 Å². The van der Waals surface area contributed by atoms with Crippen LogP contribution < -0.4 is 10.6 Å². The van der Waals surface area contributed by atoms with Crippen LogP contribution in [0.5, 0.6) is 0 Å². The second-order valence-electron chi connectivity index (χ2n) is 7.27. The third-order valence-electron chi connectivity index (χ3n) is 5.51. The lowest BCUT2D eigenvalue weighted by Gasteiger charge is -2.46. The van der Waals surface area contributed by atoms with Gasteiger partial charge in [-0.05, 0) is 37.1 Å². The van der Waals surface area contributed by atoms with Gasteiger partial charge in [-0.1, -0.05) is 30.3 Å². The zero-order chi connectivity index (χ0) is 18.3. The highest BCUT2D eigenvalue weighted by atomic mass is 16.2. The van der Waals surface area contributed by atoms with Crippen LogP contribution in [0.2, 0.25) is 0 Å². The van der Waals surface area contributed by atoms with Crippen LogP contribution in [0.4, 0.5) is 5.69 Å². The molecule has 0 radical (unpaired) electrons. The molecule has 2 N–H and O–H groups in total. The van der Waals surface area contributed by atoms with E-state index in [1.54, 1.807) is 0 Å². The van der Waals surface area contributed by atoms with Gasteiger partial charge in [0.2, 0.25) is 0 Å². The number of nitrogens with one attached hydrogen (secondary N) is 2. The van der Waals surface area contributed by atoms with Gasteiger partial charge in [-0.2, -0.15) is 0 Å². The SMILES string of the molecule is Cc1ccccc1C(=O)N1CCC2(CC1)NC(=O)c1c(C)cccc1N2. The molecule has 26 heavy (non-hydrogen) atoms. The number of carbonyl (C=O) groups is 2. The number of aryl methyl sites for hydroxylation is 2. The van der Waals surface area contributed by atoms with Crippen LogP contribution in [-0.2, 0) is 0 Å². The van der Waals surface area contributed by atoms with E-state index in [1.165, 1.54) is 0 Å². The summed E-state index contributed by atoms with van der Waals surface area (Å²) in [4.78, 5) is 27.3. The van der Waals surface area contributed by atoms with Crippen molar-refractivity contribution >= 4 is 17.5 Å². The lowest BCUT2D eigenvalue weighted by Crippen LogP contribution is -2.62. The summed E-state index contributed by atoms with van der Waals surface area (Å²) in [6.45, 7) is 5.13. The Morgan fingerprint density at radius 1 is 0.962 bits per heavy atom. The molecule has 2 aliphatic heterocycles. The molecule has 2 amide bonds. The van der Waals surface area contributed by atoms with Gasteiger partial charge in [0.25, 0.3) is 11.8 Å². The summed E-state index contributed by atoms with van der Waals surface area (Å²) in [5, 5.41) is 6.68. The van der Waals surface area contributed by atoms with Gasteiger partial charge in [-0.25, -0.2) is 0 Å². The molecular weight excluding hydrogens is 326 g/mol. The summed E-state index contributed by atoms with van der Waals surface area (Å²) >= 11 is 0. The molecule has 0 atom stereocenters. The van der Waals surface area contributed by atoms with Crippen molar-refractivity contribution in [1.29, 1.82) is 0 Å². The van der Waals surface area contributed by atoms with Gasteiger partial charge in [0.05, 0.1) is 5.56 Å². The molecule has 0 saturated carbocycles. The van der Waals surface area contributed by atoms with E-state index in [9.17, 15) is 9.59 Å². The lowest BCUT2D eigenvalue weighted by molar-refractivity contribution is 0.0639. The summed E-state index contributed by atoms with van der Waals surface area (Å²) in [6, 6.07) is 13.5. The van der Waals surface area contributed by atoms with E-state index in [0.29, 0.717) is 25.9 Å². The van der Waals surface area contributed by atoms with E-state index < -0.39 is 5.66 Å². The van der Waals surface area contributed by atoms with E-state index in [-0.39, 0.29) is 11.8 Å². The van der Waals surface area contributed by atoms with Crippen molar-refractivity contribution in [1.82, 2.24) is 10.2 Å². The number of carbonyl (C=O) groups excluding carboxylic acids is 2. The zero-order valence-electron chi connectivity index (χ0n) is 15.1. The Morgan fingerprint density at radius 3 is 2.38 bits per heavy atom. The van der Waals surface area contributed by atoms with Crippen molar-refractivity contribution in [3.05, 3.63) is 64.7 Å². The Morgan fingerprint density at radius 2 is 1.65 bits per heavy atom. The molecule has 134 valence electrons. The number of hydrogen-bond acceptors (Lipinski definition) is 3. The standard InChI is InChI=1S/C21H23N3O2/c1-14-6-3-4-8-16(14)20(26)24-12-10-21(11-13-24)22-17-9-5-7-15(2)18(17)19(25)23-21/h3-9,22H,10-13H2,1-2H3,(H,23,25). The first-order valence-electron chi connectivity index (χ1n) is 9.04. The smallest absolute Gasteiger partial charge is 0.255 e. The van der Waals surface area contributed by atoms with Crippen LogP contribution in [0.25, 0.3) is 0 Å². The van der Waals surface area contributed by atoms with Gasteiger partial charge in [0, 0.05) is 37.2 Å². The molecule has 1 saturated heterocycles. The first kappa shape index (κ1) is 16.6. The number of anilines is 1. The van der Waals surface area contributed by atoms with Crippen LogP contribution in [0.1, 0.15) is 44.7 Å². The Hall–Kier alpha value is -2.82. The number of piperidine rings is 1. The third kappa shape index (κ3) is 2.73. The average Bonchev–Trinajstić information content (AvgIpc) is 2.62. The number of benzene rings is 2. The Kier molecular flexibility index (Phi) is 3.94. The Balaban J connectivity index is 1.51. The molecule has 1 fully saturated rings. The van der Waals surface area contributed by atoms with Crippen molar-refractivity contribution < 1.29 is 9.59 Å². The van der Waals surface area contributed by atoms with E-state index >= 15 is 0 Å². The summed E-state index contributed by atoms with van der Waals surface area (Å²) in [7, 11) is 0. The third-order valence-corrected chi connectivity index (χ3v) is 5.51. The Bertz CT molecular complexity index is 883. The molecule has 5 heteroatoms. The van der Waals surface area contributed by atoms with Gasteiger partial charge in [-0.3, -0.25) is 9.59 Å². The molecule has 5 nitrogen and oxygen atoms in total. The fourth-order valence-electron chi connectivity index (χ4n) is 3.97. The largest absolute Gasteiger partial charge is 0.362 e. The second-order valence-corrected chi connectivity index (χ2v) is 7.27. The molecule has 0 unspecified atom stereocenters. The lowest BCUT2D eigenvalue weighted by atomic mass is 9.91. The molecule has 2 aromatic rings. The molecule has 4 rings (SSSR count). The maximum atomic E-state index is 12.8. The monoisotopic (exact) mass is 349 g/mol. The number of amides is 2. The van der Waals surface area contributed by atoms with Crippen molar-refractivity contribution in [3.8, 4) is 0 Å². The highest BCUT2D eigenvalue weighted by Crippen LogP contribution is 2.33. The van der Waals surface area contributed by atoms with Crippen LogP contribution in [-0.4, -0.2) is 35.5 Å². The van der Waals surface area contributed by atoms with Gasteiger partial charge < -0.3 is 15.5 Å². The predicted octanol–water partition coefficient (Wildman–Crippen LogP) is 3.09. The molecule has 0 aromatic heterocycles. The Labute approximate surface area is 153 Å². The van der Waals surface area contributed by atoms with Crippen LogP contribution in [0.3, 0.4) is 0 Å². The van der Waals surface area contributed by atoms with Gasteiger partial charge >= 0.3 is 0 Å². The summed E-state index contributed by atoms with van der Waals surface area (Å²) in [5.41, 5.74) is 3.84. The number of likely N-dealkylation sites (tertiary alicyclic amines) is 1. The van der Waals surface area contributed by atoms with Crippen molar-refractivity contribution in [3.63, 3.8) is 0 Å². The quantitative estimate of drug-likeness (QED) is 0.832. The fraction of sp³-hybridized carbons (Fsp3) is 0.333. The maximum absolute atomic E-state index is 12.8.